The Kier molecular flexibility index (Phi) is 7.28. The average Bonchev–Trinajstić information content (AvgIpc) is 3.09. The number of aromatic nitrogens is 2. The molecule has 2 heterocycles. The van der Waals surface area contributed by atoms with Crippen LogP contribution in [0.4, 0.5) is 0 Å². The van der Waals surface area contributed by atoms with Crippen LogP contribution in [0.5, 0.6) is 0 Å². The lowest BCUT2D eigenvalue weighted by atomic mass is 9.85. The van der Waals surface area contributed by atoms with Crippen molar-refractivity contribution in [3.63, 3.8) is 0 Å². The molecule has 2 aromatic rings. The number of aryl methyl sites for hydroxylation is 1. The predicted octanol–water partition coefficient (Wildman–Crippen LogP) is 3.17. The molecule has 0 aliphatic carbocycles. The van der Waals surface area contributed by atoms with E-state index in [1.807, 2.05) is 12.1 Å². The van der Waals surface area contributed by atoms with Crippen molar-refractivity contribution < 1.29 is 4.52 Å². The van der Waals surface area contributed by atoms with E-state index in [9.17, 15) is 0 Å². The molecule has 2 unspecified atom stereocenters. The summed E-state index contributed by atoms with van der Waals surface area (Å²) >= 11 is 6.25. The third-order valence-electron chi connectivity index (χ3n) is 5.02. The SMILES string of the molecule is CCNC(=NCc1nc(C)no1)NCC1CCCN(C)C1c1cccc(Cl)c1. The number of likely N-dealkylation sites (tertiary alicyclic amines) is 1. The van der Waals surface area contributed by atoms with Gasteiger partial charge in [-0.3, -0.25) is 4.90 Å². The van der Waals surface area contributed by atoms with Crippen LogP contribution in [0.25, 0.3) is 0 Å². The Hall–Kier alpha value is -2.12. The third-order valence-corrected chi connectivity index (χ3v) is 5.25. The van der Waals surface area contributed by atoms with Crippen LogP contribution < -0.4 is 10.6 Å². The van der Waals surface area contributed by atoms with Crippen LogP contribution in [0.15, 0.2) is 33.8 Å². The van der Waals surface area contributed by atoms with Crippen molar-refractivity contribution in [3.05, 3.63) is 46.6 Å². The highest BCUT2D eigenvalue weighted by Gasteiger charge is 2.30. The Morgan fingerprint density at radius 2 is 2.25 bits per heavy atom. The van der Waals surface area contributed by atoms with Crippen LogP contribution in [0.2, 0.25) is 5.02 Å². The fourth-order valence-electron chi connectivity index (χ4n) is 3.81. The van der Waals surface area contributed by atoms with E-state index in [1.165, 1.54) is 12.0 Å². The molecule has 1 aromatic carbocycles. The van der Waals surface area contributed by atoms with Gasteiger partial charge in [-0.2, -0.15) is 4.98 Å². The van der Waals surface area contributed by atoms with E-state index >= 15 is 0 Å². The number of nitrogens with zero attached hydrogens (tertiary/aromatic N) is 4. The summed E-state index contributed by atoms with van der Waals surface area (Å²) in [6.45, 7) is 6.93. The van der Waals surface area contributed by atoms with E-state index in [4.69, 9.17) is 16.1 Å². The number of benzene rings is 1. The summed E-state index contributed by atoms with van der Waals surface area (Å²) in [4.78, 5) is 11.2. The Balaban J connectivity index is 1.68. The molecular weight excluding hydrogens is 376 g/mol. The summed E-state index contributed by atoms with van der Waals surface area (Å²) in [5.41, 5.74) is 1.27. The Labute approximate surface area is 171 Å². The summed E-state index contributed by atoms with van der Waals surface area (Å²) < 4.78 is 5.14. The molecule has 1 fully saturated rings. The molecule has 1 aromatic heterocycles. The number of rotatable bonds is 6. The highest BCUT2D eigenvalue weighted by molar-refractivity contribution is 6.30. The second kappa shape index (κ2) is 9.89. The molecule has 0 bridgehead atoms. The number of piperidine rings is 1. The second-order valence-corrected chi connectivity index (χ2v) is 7.63. The minimum atomic E-state index is 0.335. The third kappa shape index (κ3) is 5.45. The Morgan fingerprint density at radius 1 is 1.39 bits per heavy atom. The maximum atomic E-state index is 6.25. The fraction of sp³-hybridized carbons (Fsp3) is 0.550. The molecule has 2 N–H and O–H groups in total. The lowest BCUT2D eigenvalue weighted by molar-refractivity contribution is 0.122. The van der Waals surface area contributed by atoms with Crippen molar-refractivity contribution in [2.24, 2.45) is 10.9 Å². The van der Waals surface area contributed by atoms with Gasteiger partial charge in [-0.25, -0.2) is 4.99 Å². The van der Waals surface area contributed by atoms with Gasteiger partial charge in [0.2, 0.25) is 5.89 Å². The van der Waals surface area contributed by atoms with Crippen molar-refractivity contribution in [2.75, 3.05) is 26.7 Å². The molecule has 152 valence electrons. The van der Waals surface area contributed by atoms with Gasteiger partial charge in [0.15, 0.2) is 11.8 Å². The molecule has 7 nitrogen and oxygen atoms in total. The summed E-state index contributed by atoms with van der Waals surface area (Å²) in [6, 6.07) is 8.54. The van der Waals surface area contributed by atoms with Crippen LogP contribution in [0, 0.1) is 12.8 Å². The second-order valence-electron chi connectivity index (χ2n) is 7.19. The van der Waals surface area contributed by atoms with E-state index in [0.29, 0.717) is 30.2 Å². The molecular formula is C20H29ClN6O. The first-order valence-electron chi connectivity index (χ1n) is 9.84. The van der Waals surface area contributed by atoms with Crippen molar-refractivity contribution in [3.8, 4) is 0 Å². The summed E-state index contributed by atoms with van der Waals surface area (Å²) in [7, 11) is 2.19. The van der Waals surface area contributed by atoms with Gasteiger partial charge in [-0.15, -0.1) is 0 Å². The van der Waals surface area contributed by atoms with E-state index in [2.05, 4.69) is 56.8 Å². The zero-order valence-electron chi connectivity index (χ0n) is 16.8. The topological polar surface area (TPSA) is 78.6 Å². The maximum absolute atomic E-state index is 6.25. The first kappa shape index (κ1) is 20.6. The number of halogens is 1. The molecule has 1 saturated heterocycles. The molecule has 0 radical (unpaired) electrons. The van der Waals surface area contributed by atoms with Crippen molar-refractivity contribution in [1.82, 2.24) is 25.7 Å². The molecule has 0 saturated carbocycles. The molecule has 0 amide bonds. The molecule has 1 aliphatic heterocycles. The maximum Gasteiger partial charge on any atom is 0.248 e. The predicted molar refractivity (Wildman–Crippen MR) is 111 cm³/mol. The van der Waals surface area contributed by atoms with Crippen molar-refractivity contribution in [2.45, 2.75) is 39.3 Å². The van der Waals surface area contributed by atoms with Gasteiger partial charge in [0.1, 0.15) is 6.54 Å². The lowest BCUT2D eigenvalue weighted by Gasteiger charge is -2.40. The van der Waals surface area contributed by atoms with E-state index in [-0.39, 0.29) is 0 Å². The van der Waals surface area contributed by atoms with Crippen LogP contribution in [0.1, 0.15) is 43.1 Å². The highest BCUT2D eigenvalue weighted by atomic mass is 35.5. The summed E-state index contributed by atoms with van der Waals surface area (Å²) in [6.07, 6.45) is 2.35. The summed E-state index contributed by atoms with van der Waals surface area (Å²) in [5.74, 6) is 2.37. The van der Waals surface area contributed by atoms with E-state index in [0.717, 1.165) is 37.0 Å². The molecule has 1 aliphatic rings. The largest absolute Gasteiger partial charge is 0.357 e. The quantitative estimate of drug-likeness (QED) is 0.568. The zero-order chi connectivity index (χ0) is 19.9. The first-order valence-corrected chi connectivity index (χ1v) is 10.2. The molecule has 3 rings (SSSR count). The Morgan fingerprint density at radius 3 is 2.96 bits per heavy atom. The van der Waals surface area contributed by atoms with E-state index in [1.54, 1.807) is 6.92 Å². The monoisotopic (exact) mass is 404 g/mol. The van der Waals surface area contributed by atoms with Gasteiger partial charge in [-0.1, -0.05) is 28.9 Å². The van der Waals surface area contributed by atoms with Crippen LogP contribution >= 0.6 is 11.6 Å². The minimum Gasteiger partial charge on any atom is -0.357 e. The number of hydrogen-bond donors (Lipinski definition) is 2. The highest BCUT2D eigenvalue weighted by Crippen LogP contribution is 2.35. The average molecular weight is 405 g/mol. The smallest absolute Gasteiger partial charge is 0.248 e. The van der Waals surface area contributed by atoms with Crippen LogP contribution in [0.3, 0.4) is 0 Å². The number of nitrogens with one attached hydrogen (secondary N) is 2. The molecule has 2 atom stereocenters. The number of aliphatic imine (C=N–C) groups is 1. The molecule has 0 spiro atoms. The zero-order valence-corrected chi connectivity index (χ0v) is 17.5. The summed E-state index contributed by atoms with van der Waals surface area (Å²) in [5, 5.41) is 11.4. The normalized spacial score (nSPS) is 20.9. The Bertz CT molecular complexity index is 793. The van der Waals surface area contributed by atoms with Gasteiger partial charge in [0.25, 0.3) is 0 Å². The standard InChI is InChI=1S/C20H29ClN6O/c1-4-22-20(24-13-18-25-14(2)26-28-18)23-12-16-8-6-10-27(3)19(16)15-7-5-9-17(21)11-15/h5,7,9,11,16,19H,4,6,8,10,12-13H2,1-3H3,(H2,22,23,24). The lowest BCUT2D eigenvalue weighted by Crippen LogP contribution is -2.45. The van der Waals surface area contributed by atoms with Gasteiger partial charge in [-0.05, 0) is 63.9 Å². The fourth-order valence-corrected chi connectivity index (χ4v) is 4.01. The van der Waals surface area contributed by atoms with Gasteiger partial charge >= 0.3 is 0 Å². The van der Waals surface area contributed by atoms with Crippen molar-refractivity contribution >= 4 is 17.6 Å². The minimum absolute atomic E-state index is 0.335. The van der Waals surface area contributed by atoms with Crippen molar-refractivity contribution in [1.29, 1.82) is 0 Å². The molecule has 8 heteroatoms. The van der Waals surface area contributed by atoms with E-state index < -0.39 is 0 Å². The van der Waals surface area contributed by atoms with Gasteiger partial charge in [0, 0.05) is 24.2 Å². The van der Waals surface area contributed by atoms with Crippen LogP contribution in [-0.4, -0.2) is 47.7 Å². The number of guanidine groups is 1. The number of hydrogen-bond acceptors (Lipinski definition) is 5. The first-order chi connectivity index (χ1) is 13.6. The van der Waals surface area contributed by atoms with Gasteiger partial charge < -0.3 is 15.2 Å². The van der Waals surface area contributed by atoms with Crippen LogP contribution in [-0.2, 0) is 6.54 Å². The molecule has 28 heavy (non-hydrogen) atoms. The van der Waals surface area contributed by atoms with Gasteiger partial charge in [0.05, 0.1) is 0 Å².